The molecule has 2 aromatic carbocycles. The van der Waals surface area contributed by atoms with Crippen molar-refractivity contribution in [1.29, 1.82) is 0 Å². The van der Waals surface area contributed by atoms with Crippen LogP contribution in [-0.4, -0.2) is 54.3 Å². The zero-order chi connectivity index (χ0) is 20.7. The molecule has 5 heteroatoms. The molecular weight excluding hydrogens is 364 g/mol. The summed E-state index contributed by atoms with van der Waals surface area (Å²) in [6.45, 7) is 6.55. The smallest absolute Gasteiger partial charge is 0.234 e. The fourth-order valence-electron chi connectivity index (χ4n) is 3.73. The number of carbonyl (C=O) groups excluding carboxylic acids is 1. The highest BCUT2D eigenvalue weighted by molar-refractivity contribution is 5.78. The molecule has 1 aliphatic heterocycles. The van der Waals surface area contributed by atoms with E-state index in [2.05, 4.69) is 31.3 Å². The van der Waals surface area contributed by atoms with Gasteiger partial charge in [-0.05, 0) is 68.5 Å². The number of rotatable bonds is 8. The first-order valence-corrected chi connectivity index (χ1v) is 10.4. The molecule has 1 amide bonds. The molecule has 1 heterocycles. The number of piperidine rings is 1. The van der Waals surface area contributed by atoms with Gasteiger partial charge in [-0.3, -0.25) is 9.69 Å². The second kappa shape index (κ2) is 9.90. The van der Waals surface area contributed by atoms with Gasteiger partial charge in [-0.15, -0.1) is 0 Å². The van der Waals surface area contributed by atoms with E-state index in [-0.39, 0.29) is 12.5 Å². The Labute approximate surface area is 173 Å². The SMILES string of the molecule is Cc1ccc(OCC2(O)CCCN(CC(=O)NCCc3ccccc3)C2)cc1C. The van der Waals surface area contributed by atoms with Crippen molar-refractivity contribution in [1.82, 2.24) is 10.2 Å². The summed E-state index contributed by atoms with van der Waals surface area (Å²) in [6, 6.07) is 16.1. The highest BCUT2D eigenvalue weighted by atomic mass is 16.5. The van der Waals surface area contributed by atoms with Crippen molar-refractivity contribution in [2.45, 2.75) is 38.7 Å². The van der Waals surface area contributed by atoms with Crippen molar-refractivity contribution in [2.24, 2.45) is 0 Å². The van der Waals surface area contributed by atoms with Crippen molar-refractivity contribution in [2.75, 3.05) is 32.8 Å². The second-order valence-corrected chi connectivity index (χ2v) is 8.16. The third-order valence-corrected chi connectivity index (χ3v) is 5.57. The number of likely N-dealkylation sites (tertiary alicyclic amines) is 1. The summed E-state index contributed by atoms with van der Waals surface area (Å²) in [6.07, 6.45) is 2.36. The Hall–Kier alpha value is -2.37. The quantitative estimate of drug-likeness (QED) is 0.720. The number of ether oxygens (including phenoxy) is 1. The van der Waals surface area contributed by atoms with Crippen LogP contribution in [0.15, 0.2) is 48.5 Å². The Morgan fingerprint density at radius 1 is 1.17 bits per heavy atom. The van der Waals surface area contributed by atoms with Gasteiger partial charge in [0, 0.05) is 13.1 Å². The Morgan fingerprint density at radius 2 is 1.97 bits per heavy atom. The van der Waals surface area contributed by atoms with E-state index in [9.17, 15) is 9.90 Å². The summed E-state index contributed by atoms with van der Waals surface area (Å²) in [5.41, 5.74) is 2.68. The molecule has 0 radical (unpaired) electrons. The van der Waals surface area contributed by atoms with Gasteiger partial charge in [0.2, 0.25) is 5.91 Å². The van der Waals surface area contributed by atoms with Gasteiger partial charge in [0.25, 0.3) is 0 Å². The third kappa shape index (κ3) is 6.58. The topological polar surface area (TPSA) is 61.8 Å². The van der Waals surface area contributed by atoms with Crippen LogP contribution in [0.5, 0.6) is 5.75 Å². The van der Waals surface area contributed by atoms with Crippen LogP contribution >= 0.6 is 0 Å². The number of carbonyl (C=O) groups is 1. The minimum atomic E-state index is -0.929. The van der Waals surface area contributed by atoms with Gasteiger partial charge in [-0.1, -0.05) is 36.4 Å². The maximum atomic E-state index is 12.3. The zero-order valence-electron chi connectivity index (χ0n) is 17.5. The Bertz CT molecular complexity index is 809. The molecule has 1 atom stereocenters. The molecule has 1 fully saturated rings. The van der Waals surface area contributed by atoms with Gasteiger partial charge in [-0.2, -0.15) is 0 Å². The number of amides is 1. The van der Waals surface area contributed by atoms with E-state index in [0.29, 0.717) is 26.1 Å². The minimum Gasteiger partial charge on any atom is -0.491 e. The van der Waals surface area contributed by atoms with Gasteiger partial charge in [-0.25, -0.2) is 0 Å². The molecule has 0 aliphatic carbocycles. The van der Waals surface area contributed by atoms with E-state index in [1.807, 2.05) is 41.3 Å². The summed E-state index contributed by atoms with van der Waals surface area (Å²) >= 11 is 0. The first kappa shape index (κ1) is 21.3. The molecule has 0 bridgehead atoms. The lowest BCUT2D eigenvalue weighted by atomic mass is 9.93. The molecule has 29 heavy (non-hydrogen) atoms. The minimum absolute atomic E-state index is 0.000240. The second-order valence-electron chi connectivity index (χ2n) is 8.16. The van der Waals surface area contributed by atoms with Gasteiger partial charge in [0.15, 0.2) is 0 Å². The summed E-state index contributed by atoms with van der Waals surface area (Å²) in [7, 11) is 0. The lowest BCUT2D eigenvalue weighted by molar-refractivity contribution is -0.124. The van der Waals surface area contributed by atoms with Gasteiger partial charge in [0.05, 0.1) is 6.54 Å². The number of aliphatic hydroxyl groups is 1. The summed E-state index contributed by atoms with van der Waals surface area (Å²) in [5.74, 6) is 0.776. The average molecular weight is 397 g/mol. The van der Waals surface area contributed by atoms with E-state index in [1.54, 1.807) is 0 Å². The van der Waals surface area contributed by atoms with E-state index < -0.39 is 5.60 Å². The fourth-order valence-corrected chi connectivity index (χ4v) is 3.73. The van der Waals surface area contributed by atoms with Crippen molar-refractivity contribution >= 4 is 5.91 Å². The molecule has 5 nitrogen and oxygen atoms in total. The lowest BCUT2D eigenvalue weighted by Gasteiger charge is -2.38. The van der Waals surface area contributed by atoms with Crippen LogP contribution in [0, 0.1) is 13.8 Å². The molecule has 1 aliphatic rings. The van der Waals surface area contributed by atoms with Gasteiger partial charge in [0.1, 0.15) is 18.0 Å². The Kier molecular flexibility index (Phi) is 7.29. The molecule has 3 rings (SSSR count). The van der Waals surface area contributed by atoms with E-state index in [4.69, 9.17) is 4.74 Å². The summed E-state index contributed by atoms with van der Waals surface area (Å²) < 4.78 is 5.87. The molecule has 1 saturated heterocycles. The van der Waals surface area contributed by atoms with Crippen molar-refractivity contribution in [3.63, 3.8) is 0 Å². The maximum absolute atomic E-state index is 12.3. The van der Waals surface area contributed by atoms with E-state index in [0.717, 1.165) is 25.1 Å². The van der Waals surface area contributed by atoms with Crippen molar-refractivity contribution < 1.29 is 14.6 Å². The summed E-state index contributed by atoms with van der Waals surface area (Å²) in [4.78, 5) is 14.3. The number of benzene rings is 2. The normalized spacial score (nSPS) is 19.7. The number of hydrogen-bond acceptors (Lipinski definition) is 4. The molecule has 1 unspecified atom stereocenters. The van der Waals surface area contributed by atoms with Crippen LogP contribution in [-0.2, 0) is 11.2 Å². The van der Waals surface area contributed by atoms with E-state index >= 15 is 0 Å². The number of hydrogen-bond donors (Lipinski definition) is 2. The number of aryl methyl sites for hydroxylation is 2. The molecule has 0 aromatic heterocycles. The molecule has 2 aromatic rings. The highest BCUT2D eigenvalue weighted by Gasteiger charge is 2.34. The predicted octanol–water partition coefficient (Wildman–Crippen LogP) is 2.87. The Morgan fingerprint density at radius 3 is 2.72 bits per heavy atom. The predicted molar refractivity (Wildman–Crippen MR) is 115 cm³/mol. The van der Waals surface area contributed by atoms with Crippen molar-refractivity contribution in [3.8, 4) is 5.75 Å². The van der Waals surface area contributed by atoms with Crippen molar-refractivity contribution in [3.05, 3.63) is 65.2 Å². The standard InChI is InChI=1S/C24H32N2O3/c1-19-9-10-22(15-20(19)2)29-18-24(28)12-6-14-26(17-24)16-23(27)25-13-11-21-7-4-3-5-8-21/h3-5,7-10,15,28H,6,11-14,16-18H2,1-2H3,(H,25,27). The van der Waals surface area contributed by atoms with Gasteiger partial charge >= 0.3 is 0 Å². The third-order valence-electron chi connectivity index (χ3n) is 5.57. The van der Waals surface area contributed by atoms with Gasteiger partial charge < -0.3 is 15.2 Å². The number of nitrogens with one attached hydrogen (secondary N) is 1. The first-order chi connectivity index (χ1) is 13.9. The lowest BCUT2D eigenvalue weighted by Crippen LogP contribution is -2.53. The first-order valence-electron chi connectivity index (χ1n) is 10.4. The van der Waals surface area contributed by atoms with E-state index in [1.165, 1.54) is 16.7 Å². The van der Waals surface area contributed by atoms with Crippen LogP contribution in [0.1, 0.15) is 29.5 Å². The molecule has 156 valence electrons. The maximum Gasteiger partial charge on any atom is 0.234 e. The summed E-state index contributed by atoms with van der Waals surface area (Å²) in [5, 5.41) is 13.9. The van der Waals surface area contributed by atoms with Crippen LogP contribution in [0.2, 0.25) is 0 Å². The van der Waals surface area contributed by atoms with Crippen LogP contribution < -0.4 is 10.1 Å². The number of nitrogens with zero attached hydrogens (tertiary/aromatic N) is 1. The molecule has 0 spiro atoms. The molecule has 0 saturated carbocycles. The highest BCUT2D eigenvalue weighted by Crippen LogP contribution is 2.24. The monoisotopic (exact) mass is 396 g/mol. The van der Waals surface area contributed by atoms with Crippen LogP contribution in [0.25, 0.3) is 0 Å². The average Bonchev–Trinajstić information content (AvgIpc) is 2.70. The zero-order valence-corrected chi connectivity index (χ0v) is 17.5. The number of β-amino-alcohol motifs (C(OH)–C–C–N with tert-alkyl or cyclic N) is 1. The van der Waals surface area contributed by atoms with Crippen LogP contribution in [0.3, 0.4) is 0 Å². The largest absolute Gasteiger partial charge is 0.491 e. The molecule has 2 N–H and O–H groups in total. The molecular formula is C24H32N2O3. The Balaban J connectivity index is 1.43. The van der Waals surface area contributed by atoms with Crippen LogP contribution in [0.4, 0.5) is 0 Å². The fraction of sp³-hybridized carbons (Fsp3) is 0.458.